The third-order valence-corrected chi connectivity index (χ3v) is 3.67. The van der Waals surface area contributed by atoms with Gasteiger partial charge in [0.2, 0.25) is 0 Å². The van der Waals surface area contributed by atoms with Gasteiger partial charge in [-0.05, 0) is 37.1 Å². The first kappa shape index (κ1) is 16.0. The Morgan fingerprint density at radius 1 is 1.23 bits per heavy atom. The number of aryl methyl sites for hydroxylation is 1. The molecule has 1 amide bonds. The summed E-state index contributed by atoms with van der Waals surface area (Å²) in [6, 6.07) is 11.3. The van der Waals surface area contributed by atoms with E-state index in [9.17, 15) is 4.79 Å². The number of rotatable bonds is 6. The molecular formula is C18H23N3O. The maximum Gasteiger partial charge on any atom is 0.257 e. The van der Waals surface area contributed by atoms with Crippen molar-refractivity contribution >= 4 is 17.4 Å². The molecule has 0 spiro atoms. The van der Waals surface area contributed by atoms with Gasteiger partial charge in [0.1, 0.15) is 5.82 Å². The lowest BCUT2D eigenvalue weighted by molar-refractivity contribution is 0.102. The Balaban J connectivity index is 2.02. The van der Waals surface area contributed by atoms with Crippen LogP contribution in [0.2, 0.25) is 0 Å². The van der Waals surface area contributed by atoms with Crippen molar-refractivity contribution in [1.29, 1.82) is 0 Å². The molecule has 4 heteroatoms. The third-order valence-electron chi connectivity index (χ3n) is 3.67. The normalized spacial score (nSPS) is 10.3. The van der Waals surface area contributed by atoms with E-state index in [4.69, 9.17) is 0 Å². The number of carbonyl (C=O) groups is 1. The van der Waals surface area contributed by atoms with E-state index in [-0.39, 0.29) is 5.91 Å². The summed E-state index contributed by atoms with van der Waals surface area (Å²) in [6.45, 7) is 5.11. The van der Waals surface area contributed by atoms with Crippen LogP contribution in [0, 0.1) is 6.92 Å². The molecule has 0 saturated heterocycles. The molecule has 2 aromatic rings. The molecule has 0 bridgehead atoms. The van der Waals surface area contributed by atoms with E-state index in [0.29, 0.717) is 11.4 Å². The lowest BCUT2D eigenvalue weighted by Gasteiger charge is -2.18. The van der Waals surface area contributed by atoms with Gasteiger partial charge in [0, 0.05) is 19.2 Å². The summed E-state index contributed by atoms with van der Waals surface area (Å²) in [4.78, 5) is 18.7. The van der Waals surface area contributed by atoms with E-state index in [1.807, 2.05) is 43.3 Å². The number of nitrogens with zero attached hydrogens (tertiary/aromatic N) is 2. The van der Waals surface area contributed by atoms with Crippen LogP contribution in [-0.2, 0) is 0 Å². The molecule has 2 rings (SSSR count). The molecule has 1 aromatic heterocycles. The number of anilines is 2. The first-order valence-electron chi connectivity index (χ1n) is 7.66. The largest absolute Gasteiger partial charge is 0.373 e. The van der Waals surface area contributed by atoms with Crippen molar-refractivity contribution in [3.05, 3.63) is 53.7 Å². The van der Waals surface area contributed by atoms with Crippen LogP contribution in [0.15, 0.2) is 42.6 Å². The van der Waals surface area contributed by atoms with Crippen LogP contribution in [0.5, 0.6) is 0 Å². The van der Waals surface area contributed by atoms with Crippen LogP contribution in [0.25, 0.3) is 0 Å². The van der Waals surface area contributed by atoms with Gasteiger partial charge in [-0.2, -0.15) is 0 Å². The van der Waals surface area contributed by atoms with Gasteiger partial charge in [0.15, 0.2) is 0 Å². The van der Waals surface area contributed by atoms with Gasteiger partial charge in [0.05, 0.1) is 11.9 Å². The molecule has 0 aliphatic heterocycles. The zero-order valence-corrected chi connectivity index (χ0v) is 13.5. The van der Waals surface area contributed by atoms with E-state index in [0.717, 1.165) is 24.2 Å². The second-order valence-electron chi connectivity index (χ2n) is 5.45. The predicted octanol–water partition coefficient (Wildman–Crippen LogP) is 3.88. The molecule has 0 fully saturated rings. The van der Waals surface area contributed by atoms with Gasteiger partial charge in [-0.15, -0.1) is 0 Å². The van der Waals surface area contributed by atoms with Gasteiger partial charge in [-0.1, -0.05) is 31.5 Å². The minimum atomic E-state index is -0.127. The molecule has 0 saturated carbocycles. The Bertz CT molecular complexity index is 622. The van der Waals surface area contributed by atoms with Crippen LogP contribution in [0.3, 0.4) is 0 Å². The van der Waals surface area contributed by atoms with Crippen molar-refractivity contribution in [1.82, 2.24) is 4.98 Å². The number of hydrogen-bond acceptors (Lipinski definition) is 3. The summed E-state index contributed by atoms with van der Waals surface area (Å²) < 4.78 is 0. The van der Waals surface area contributed by atoms with E-state index >= 15 is 0 Å². The minimum absolute atomic E-state index is 0.127. The minimum Gasteiger partial charge on any atom is -0.373 e. The highest BCUT2D eigenvalue weighted by Gasteiger charge is 2.09. The average Bonchev–Trinajstić information content (AvgIpc) is 2.53. The summed E-state index contributed by atoms with van der Waals surface area (Å²) in [5.41, 5.74) is 2.69. The van der Waals surface area contributed by atoms with E-state index in [2.05, 4.69) is 29.2 Å². The van der Waals surface area contributed by atoms with Crippen molar-refractivity contribution in [2.75, 3.05) is 23.8 Å². The maximum absolute atomic E-state index is 12.2. The zero-order chi connectivity index (χ0) is 15.9. The standard InChI is InChI=1S/C18H23N3O/c1-4-5-12-21(3)15-10-11-17(19-13-15)20-18(22)16-9-7-6-8-14(16)2/h6-11,13H,4-5,12H2,1-3H3,(H,19,20,22). The Hall–Kier alpha value is -2.36. The molecule has 22 heavy (non-hydrogen) atoms. The fraction of sp³-hybridized carbons (Fsp3) is 0.333. The monoisotopic (exact) mass is 297 g/mol. The number of amides is 1. The molecule has 1 aromatic carbocycles. The summed E-state index contributed by atoms with van der Waals surface area (Å²) >= 11 is 0. The highest BCUT2D eigenvalue weighted by atomic mass is 16.1. The second kappa shape index (κ2) is 7.59. The smallest absolute Gasteiger partial charge is 0.257 e. The van der Waals surface area contributed by atoms with Gasteiger partial charge in [-0.25, -0.2) is 4.98 Å². The summed E-state index contributed by atoms with van der Waals surface area (Å²) in [5.74, 6) is 0.443. The number of benzene rings is 1. The SMILES string of the molecule is CCCCN(C)c1ccc(NC(=O)c2ccccc2C)nc1. The first-order valence-corrected chi connectivity index (χ1v) is 7.66. The van der Waals surface area contributed by atoms with E-state index < -0.39 is 0 Å². The molecule has 0 aliphatic rings. The van der Waals surface area contributed by atoms with Crippen LogP contribution in [0.1, 0.15) is 35.7 Å². The average molecular weight is 297 g/mol. The Morgan fingerprint density at radius 3 is 2.64 bits per heavy atom. The van der Waals surface area contributed by atoms with Crippen molar-refractivity contribution in [2.45, 2.75) is 26.7 Å². The molecule has 1 N–H and O–H groups in total. The van der Waals surface area contributed by atoms with Crippen molar-refractivity contribution < 1.29 is 4.79 Å². The first-order chi connectivity index (χ1) is 10.6. The fourth-order valence-corrected chi connectivity index (χ4v) is 2.22. The molecule has 0 atom stereocenters. The molecule has 0 aliphatic carbocycles. The van der Waals surface area contributed by atoms with Gasteiger partial charge >= 0.3 is 0 Å². The van der Waals surface area contributed by atoms with Crippen molar-refractivity contribution in [2.24, 2.45) is 0 Å². The molecule has 0 unspecified atom stereocenters. The Morgan fingerprint density at radius 2 is 2.00 bits per heavy atom. The number of hydrogen-bond donors (Lipinski definition) is 1. The molecule has 1 heterocycles. The zero-order valence-electron chi connectivity index (χ0n) is 13.5. The maximum atomic E-state index is 12.2. The summed E-state index contributed by atoms with van der Waals surface area (Å²) in [5, 5.41) is 2.84. The fourth-order valence-electron chi connectivity index (χ4n) is 2.22. The number of pyridine rings is 1. The van der Waals surface area contributed by atoms with E-state index in [1.165, 1.54) is 6.42 Å². The van der Waals surface area contributed by atoms with Crippen LogP contribution < -0.4 is 10.2 Å². The van der Waals surface area contributed by atoms with Gasteiger partial charge < -0.3 is 10.2 Å². The van der Waals surface area contributed by atoms with Gasteiger partial charge in [-0.3, -0.25) is 4.79 Å². The van der Waals surface area contributed by atoms with Crippen molar-refractivity contribution in [3.8, 4) is 0 Å². The molecule has 116 valence electrons. The van der Waals surface area contributed by atoms with E-state index in [1.54, 1.807) is 6.20 Å². The predicted molar refractivity (Wildman–Crippen MR) is 91.5 cm³/mol. The lowest BCUT2D eigenvalue weighted by Crippen LogP contribution is -2.19. The second-order valence-corrected chi connectivity index (χ2v) is 5.45. The highest BCUT2D eigenvalue weighted by Crippen LogP contribution is 2.15. The Labute approximate surface area is 132 Å². The molecule has 0 radical (unpaired) electrons. The number of aromatic nitrogens is 1. The van der Waals surface area contributed by atoms with Crippen molar-refractivity contribution in [3.63, 3.8) is 0 Å². The summed E-state index contributed by atoms with van der Waals surface area (Å²) in [6.07, 6.45) is 4.12. The third kappa shape index (κ3) is 4.07. The van der Waals surface area contributed by atoms with Gasteiger partial charge in [0.25, 0.3) is 5.91 Å². The quantitative estimate of drug-likeness (QED) is 0.880. The number of nitrogens with one attached hydrogen (secondary N) is 1. The number of carbonyl (C=O) groups excluding carboxylic acids is 1. The highest BCUT2D eigenvalue weighted by molar-refractivity contribution is 6.04. The summed E-state index contributed by atoms with van der Waals surface area (Å²) in [7, 11) is 2.05. The Kier molecular flexibility index (Phi) is 5.53. The van der Waals surface area contributed by atoms with Crippen LogP contribution in [-0.4, -0.2) is 24.5 Å². The van der Waals surface area contributed by atoms with Crippen LogP contribution >= 0.6 is 0 Å². The van der Waals surface area contributed by atoms with Crippen LogP contribution in [0.4, 0.5) is 11.5 Å². The number of unbranched alkanes of at least 4 members (excludes halogenated alkanes) is 1. The topological polar surface area (TPSA) is 45.2 Å². The molecular weight excluding hydrogens is 274 g/mol. The lowest BCUT2D eigenvalue weighted by atomic mass is 10.1. The molecule has 4 nitrogen and oxygen atoms in total.